The third-order valence-electron chi connectivity index (χ3n) is 6.50. The fourth-order valence-corrected chi connectivity index (χ4v) is 4.91. The van der Waals surface area contributed by atoms with E-state index in [1.807, 2.05) is 0 Å². The van der Waals surface area contributed by atoms with Gasteiger partial charge in [-0.25, -0.2) is 13.2 Å². The van der Waals surface area contributed by atoms with Crippen molar-refractivity contribution in [1.82, 2.24) is 0 Å². The molecule has 1 saturated carbocycles. The molecule has 1 fully saturated rings. The molecule has 32 heavy (non-hydrogen) atoms. The number of hydrogen-bond acceptors (Lipinski definition) is 1. The molecule has 0 atom stereocenters. The highest BCUT2D eigenvalue weighted by atomic mass is 19.3. The van der Waals surface area contributed by atoms with Crippen molar-refractivity contribution < 1.29 is 26.7 Å². The minimum absolute atomic E-state index is 0.0353. The second-order valence-electron chi connectivity index (χ2n) is 8.56. The van der Waals surface area contributed by atoms with Gasteiger partial charge in [0.15, 0.2) is 11.6 Å². The van der Waals surface area contributed by atoms with Gasteiger partial charge in [-0.15, -0.1) is 0 Å². The van der Waals surface area contributed by atoms with E-state index >= 15 is 8.78 Å². The van der Waals surface area contributed by atoms with E-state index in [4.69, 9.17) is 0 Å². The number of alkyl halides is 2. The lowest BCUT2D eigenvalue weighted by molar-refractivity contribution is -0.0520. The van der Waals surface area contributed by atoms with Gasteiger partial charge >= 0.3 is 6.61 Å². The minimum atomic E-state index is -3.15. The number of rotatable bonds is 6. The van der Waals surface area contributed by atoms with E-state index in [0.717, 1.165) is 38.2 Å². The van der Waals surface area contributed by atoms with Crippen LogP contribution in [-0.2, 0) is 0 Å². The fourth-order valence-electron chi connectivity index (χ4n) is 4.91. The van der Waals surface area contributed by atoms with Crippen LogP contribution < -0.4 is 4.74 Å². The number of benzene rings is 3. The van der Waals surface area contributed by atoms with Gasteiger partial charge in [0.2, 0.25) is 0 Å². The summed E-state index contributed by atoms with van der Waals surface area (Å²) in [6, 6.07) is 9.44. The Morgan fingerprint density at radius 2 is 1.59 bits per heavy atom. The molecule has 6 heteroatoms. The largest absolute Gasteiger partial charge is 0.432 e. The highest BCUT2D eigenvalue weighted by Crippen LogP contribution is 2.40. The standard InChI is InChI=1S/C26H25F5O/c1-2-3-15-4-6-16(7-5-15)19-13-21(27)24(22(28)14-19)18-8-10-20-17(12-18)9-11-23(25(20)29)32-26(30)31/h8-16,26H,2-7H2,1H3. The van der Waals surface area contributed by atoms with E-state index in [-0.39, 0.29) is 22.4 Å². The van der Waals surface area contributed by atoms with Gasteiger partial charge in [0.25, 0.3) is 0 Å². The van der Waals surface area contributed by atoms with E-state index in [1.54, 1.807) is 0 Å². The van der Waals surface area contributed by atoms with Gasteiger partial charge in [-0.05, 0) is 78.3 Å². The summed E-state index contributed by atoms with van der Waals surface area (Å²) in [6.07, 6.45) is 6.38. The van der Waals surface area contributed by atoms with E-state index in [2.05, 4.69) is 11.7 Å². The maximum Gasteiger partial charge on any atom is 0.387 e. The third kappa shape index (κ3) is 4.59. The zero-order valence-corrected chi connectivity index (χ0v) is 17.8. The molecule has 1 nitrogen and oxygen atoms in total. The molecule has 0 spiro atoms. The molecule has 0 aromatic heterocycles. The summed E-state index contributed by atoms with van der Waals surface area (Å²) in [5.41, 5.74) is 0.760. The summed E-state index contributed by atoms with van der Waals surface area (Å²) in [4.78, 5) is 0. The summed E-state index contributed by atoms with van der Waals surface area (Å²) in [6.45, 7) is -0.975. The van der Waals surface area contributed by atoms with Crippen LogP contribution in [0.4, 0.5) is 22.0 Å². The lowest BCUT2D eigenvalue weighted by Gasteiger charge is -2.29. The molecule has 3 aromatic carbocycles. The van der Waals surface area contributed by atoms with Gasteiger partial charge < -0.3 is 4.74 Å². The zero-order valence-electron chi connectivity index (χ0n) is 17.8. The summed E-state index contributed by atoms with van der Waals surface area (Å²) in [5, 5.41) is 0.368. The smallest absolute Gasteiger partial charge is 0.387 e. The zero-order chi connectivity index (χ0) is 22.8. The van der Waals surface area contributed by atoms with Gasteiger partial charge in [-0.1, -0.05) is 38.0 Å². The quantitative estimate of drug-likeness (QED) is 0.343. The van der Waals surface area contributed by atoms with Crippen LogP contribution >= 0.6 is 0 Å². The van der Waals surface area contributed by atoms with Crippen molar-refractivity contribution in [1.29, 1.82) is 0 Å². The van der Waals surface area contributed by atoms with Crippen molar-refractivity contribution in [2.75, 3.05) is 0 Å². The third-order valence-corrected chi connectivity index (χ3v) is 6.50. The molecule has 4 rings (SSSR count). The fraction of sp³-hybridized carbons (Fsp3) is 0.385. The second kappa shape index (κ2) is 9.47. The molecule has 3 aromatic rings. The average Bonchev–Trinajstić information content (AvgIpc) is 2.76. The molecule has 0 saturated heterocycles. The highest BCUT2D eigenvalue weighted by Gasteiger charge is 2.24. The predicted octanol–water partition coefficient (Wildman–Crippen LogP) is 8.60. The molecule has 0 heterocycles. The number of fused-ring (bicyclic) bond motifs is 1. The Balaban J connectivity index is 1.62. The van der Waals surface area contributed by atoms with Gasteiger partial charge in [-0.2, -0.15) is 8.78 Å². The average molecular weight is 448 g/mol. The molecule has 170 valence electrons. The topological polar surface area (TPSA) is 9.23 Å². The van der Waals surface area contributed by atoms with Crippen LogP contribution in [0.15, 0.2) is 42.5 Å². The molecular weight excluding hydrogens is 423 g/mol. The van der Waals surface area contributed by atoms with Crippen LogP contribution in [-0.4, -0.2) is 6.61 Å². The molecule has 0 amide bonds. The minimum Gasteiger partial charge on any atom is -0.432 e. The van der Waals surface area contributed by atoms with Crippen LogP contribution in [0.5, 0.6) is 5.75 Å². The molecule has 0 aliphatic heterocycles. The van der Waals surface area contributed by atoms with Crippen molar-refractivity contribution in [2.45, 2.75) is 58.0 Å². The molecule has 0 radical (unpaired) electrons. The van der Waals surface area contributed by atoms with E-state index in [0.29, 0.717) is 16.9 Å². The SMILES string of the molecule is CCCC1CCC(c2cc(F)c(-c3ccc4c(F)c(OC(F)F)ccc4c3)c(F)c2)CC1. The van der Waals surface area contributed by atoms with Crippen LogP contribution in [0.1, 0.15) is 56.9 Å². The Kier molecular flexibility index (Phi) is 6.68. The first kappa shape index (κ1) is 22.6. The molecule has 1 aliphatic carbocycles. The van der Waals surface area contributed by atoms with Crippen LogP contribution in [0, 0.1) is 23.4 Å². The lowest BCUT2D eigenvalue weighted by atomic mass is 9.77. The van der Waals surface area contributed by atoms with Crippen molar-refractivity contribution >= 4 is 10.8 Å². The van der Waals surface area contributed by atoms with Crippen molar-refractivity contribution in [2.24, 2.45) is 5.92 Å². The Labute approximate surface area is 184 Å². The van der Waals surface area contributed by atoms with Gasteiger partial charge in [0, 0.05) is 5.39 Å². The van der Waals surface area contributed by atoms with E-state index in [1.165, 1.54) is 42.8 Å². The molecular formula is C26H25F5O. The summed E-state index contributed by atoms with van der Waals surface area (Å²) in [5.74, 6) is -1.98. The van der Waals surface area contributed by atoms with Crippen molar-refractivity contribution in [3.63, 3.8) is 0 Å². The Bertz CT molecular complexity index is 1080. The van der Waals surface area contributed by atoms with Gasteiger partial charge in [0.05, 0.1) is 5.56 Å². The molecule has 0 bridgehead atoms. The number of ether oxygens (including phenoxy) is 1. The number of halogens is 5. The van der Waals surface area contributed by atoms with Crippen molar-refractivity contribution in [3.8, 4) is 16.9 Å². The Hall–Kier alpha value is -2.63. The second-order valence-corrected chi connectivity index (χ2v) is 8.56. The first-order chi connectivity index (χ1) is 15.4. The summed E-state index contributed by atoms with van der Waals surface area (Å²) >= 11 is 0. The van der Waals surface area contributed by atoms with Crippen molar-refractivity contribution in [3.05, 3.63) is 65.5 Å². The molecule has 1 aliphatic rings. The Morgan fingerprint density at radius 3 is 2.22 bits per heavy atom. The van der Waals surface area contributed by atoms with Crippen LogP contribution in [0.3, 0.4) is 0 Å². The Morgan fingerprint density at radius 1 is 0.906 bits per heavy atom. The predicted molar refractivity (Wildman–Crippen MR) is 115 cm³/mol. The van der Waals surface area contributed by atoms with Crippen LogP contribution in [0.2, 0.25) is 0 Å². The summed E-state index contributed by atoms with van der Waals surface area (Å²) < 4.78 is 73.5. The number of hydrogen-bond donors (Lipinski definition) is 0. The van der Waals surface area contributed by atoms with Crippen LogP contribution in [0.25, 0.3) is 21.9 Å². The lowest BCUT2D eigenvalue weighted by Crippen LogP contribution is -2.13. The highest BCUT2D eigenvalue weighted by molar-refractivity contribution is 5.89. The monoisotopic (exact) mass is 448 g/mol. The first-order valence-electron chi connectivity index (χ1n) is 11.0. The molecule has 0 unspecified atom stereocenters. The van der Waals surface area contributed by atoms with E-state index < -0.39 is 29.8 Å². The van der Waals surface area contributed by atoms with Gasteiger partial charge in [0.1, 0.15) is 11.6 Å². The van der Waals surface area contributed by atoms with E-state index in [9.17, 15) is 13.2 Å². The van der Waals surface area contributed by atoms with Gasteiger partial charge in [-0.3, -0.25) is 0 Å². The first-order valence-corrected chi connectivity index (χ1v) is 11.0. The summed E-state index contributed by atoms with van der Waals surface area (Å²) in [7, 11) is 0. The molecule has 0 N–H and O–H groups in total. The normalized spacial score (nSPS) is 19.0. The maximum absolute atomic E-state index is 15.0. The maximum atomic E-state index is 15.0.